The van der Waals surface area contributed by atoms with E-state index in [-0.39, 0.29) is 42.7 Å². The quantitative estimate of drug-likeness (QED) is 0.837. The number of amides is 1. The van der Waals surface area contributed by atoms with Crippen molar-refractivity contribution in [3.8, 4) is 0 Å². The minimum atomic E-state index is -4.16. The van der Waals surface area contributed by atoms with Crippen LogP contribution in [0.15, 0.2) is 0 Å². The maximum Gasteiger partial charge on any atom is 0.391 e. The third-order valence-corrected chi connectivity index (χ3v) is 4.00. The summed E-state index contributed by atoms with van der Waals surface area (Å²) in [7, 11) is 0. The van der Waals surface area contributed by atoms with Gasteiger partial charge in [-0.1, -0.05) is 27.2 Å². The fourth-order valence-corrected chi connectivity index (χ4v) is 2.96. The molecule has 1 aliphatic carbocycles. The van der Waals surface area contributed by atoms with E-state index in [0.29, 0.717) is 19.3 Å². The van der Waals surface area contributed by atoms with Gasteiger partial charge in [-0.2, -0.15) is 13.2 Å². The minimum absolute atomic E-state index is 0.0119. The number of carbonyl (C=O) groups excluding carboxylic acids is 1. The summed E-state index contributed by atoms with van der Waals surface area (Å²) in [6, 6.07) is -0.383. The van der Waals surface area contributed by atoms with Gasteiger partial charge in [0.2, 0.25) is 5.91 Å². The highest BCUT2D eigenvalue weighted by atomic mass is 19.4. The van der Waals surface area contributed by atoms with Crippen molar-refractivity contribution in [2.75, 3.05) is 6.54 Å². The van der Waals surface area contributed by atoms with Gasteiger partial charge in [0, 0.05) is 12.6 Å². The van der Waals surface area contributed by atoms with Crippen molar-refractivity contribution < 1.29 is 18.0 Å². The van der Waals surface area contributed by atoms with Gasteiger partial charge in [-0.3, -0.25) is 4.79 Å². The lowest BCUT2D eigenvalue weighted by atomic mass is 9.82. The van der Waals surface area contributed by atoms with Gasteiger partial charge >= 0.3 is 6.18 Å². The van der Waals surface area contributed by atoms with Gasteiger partial charge in [0.15, 0.2) is 0 Å². The van der Waals surface area contributed by atoms with Gasteiger partial charge in [0.1, 0.15) is 0 Å². The summed E-state index contributed by atoms with van der Waals surface area (Å²) in [6.07, 6.45) is -2.26. The molecule has 0 aromatic carbocycles. The number of rotatable bonds is 4. The molecular formula is C15H27F3N2O. The second kappa shape index (κ2) is 6.99. The lowest BCUT2D eigenvalue weighted by Gasteiger charge is -2.32. The van der Waals surface area contributed by atoms with Crippen LogP contribution < -0.4 is 11.1 Å². The minimum Gasteiger partial charge on any atom is -0.353 e. The summed E-state index contributed by atoms with van der Waals surface area (Å²) < 4.78 is 38.3. The van der Waals surface area contributed by atoms with E-state index in [9.17, 15) is 18.0 Å². The van der Waals surface area contributed by atoms with Crippen molar-refractivity contribution in [3.05, 3.63) is 0 Å². The zero-order chi connectivity index (χ0) is 16.3. The Morgan fingerprint density at radius 2 is 1.90 bits per heavy atom. The largest absolute Gasteiger partial charge is 0.391 e. The highest BCUT2D eigenvalue weighted by Crippen LogP contribution is 2.37. The molecule has 0 spiro atoms. The van der Waals surface area contributed by atoms with Crippen LogP contribution in [-0.2, 0) is 4.79 Å². The monoisotopic (exact) mass is 308 g/mol. The number of carbonyl (C=O) groups is 1. The Balaban J connectivity index is 2.57. The zero-order valence-corrected chi connectivity index (χ0v) is 13.1. The molecule has 3 atom stereocenters. The van der Waals surface area contributed by atoms with E-state index < -0.39 is 12.1 Å². The van der Waals surface area contributed by atoms with Crippen molar-refractivity contribution in [2.45, 2.75) is 65.1 Å². The van der Waals surface area contributed by atoms with Crippen molar-refractivity contribution >= 4 is 5.91 Å². The van der Waals surface area contributed by atoms with Gasteiger partial charge in [0.25, 0.3) is 0 Å². The van der Waals surface area contributed by atoms with Crippen LogP contribution in [0.25, 0.3) is 0 Å². The Kier molecular flexibility index (Phi) is 6.08. The maximum absolute atomic E-state index is 12.8. The molecule has 0 radical (unpaired) electrons. The van der Waals surface area contributed by atoms with Gasteiger partial charge in [-0.15, -0.1) is 0 Å². The Hall–Kier alpha value is -0.780. The van der Waals surface area contributed by atoms with E-state index >= 15 is 0 Å². The normalized spacial score (nSPS) is 25.5. The van der Waals surface area contributed by atoms with Crippen molar-refractivity contribution in [3.63, 3.8) is 0 Å². The number of nitrogens with one attached hydrogen (secondary N) is 1. The molecule has 0 aromatic rings. The van der Waals surface area contributed by atoms with Crippen molar-refractivity contribution in [1.29, 1.82) is 0 Å². The number of halogens is 3. The lowest BCUT2D eigenvalue weighted by Crippen LogP contribution is -2.45. The number of alkyl halides is 3. The molecule has 1 amide bonds. The van der Waals surface area contributed by atoms with Crippen LogP contribution in [0.3, 0.4) is 0 Å². The van der Waals surface area contributed by atoms with Crippen molar-refractivity contribution in [1.82, 2.24) is 5.32 Å². The fourth-order valence-electron chi connectivity index (χ4n) is 2.96. The van der Waals surface area contributed by atoms with Gasteiger partial charge in [0.05, 0.1) is 11.8 Å². The molecule has 0 aliphatic heterocycles. The molecule has 1 aliphatic rings. The van der Waals surface area contributed by atoms with Crippen LogP contribution in [0.2, 0.25) is 0 Å². The highest BCUT2D eigenvalue weighted by Gasteiger charge is 2.42. The standard InChI is InChI=1S/C15H27F3N2O/c1-14(2,3)8-10(9-19)13(21)20-12-6-4-5-11(7-12)15(16,17)18/h10-12H,4-9,19H2,1-3H3,(H,20,21). The second-order valence-corrected chi connectivity index (χ2v) is 7.31. The number of hydrogen-bond donors (Lipinski definition) is 2. The first-order chi connectivity index (χ1) is 9.53. The number of nitrogens with two attached hydrogens (primary N) is 1. The fraction of sp³-hybridized carbons (Fsp3) is 0.933. The molecule has 0 heterocycles. The molecule has 0 saturated heterocycles. The van der Waals surface area contributed by atoms with Crippen LogP contribution >= 0.6 is 0 Å². The molecule has 3 nitrogen and oxygen atoms in total. The SMILES string of the molecule is CC(C)(C)CC(CN)C(=O)NC1CCCC(C(F)(F)F)C1. The molecule has 0 bridgehead atoms. The Bertz CT molecular complexity index is 350. The van der Waals surface area contributed by atoms with Gasteiger partial charge in [-0.05, 0) is 31.1 Å². The highest BCUT2D eigenvalue weighted by molar-refractivity contribution is 5.79. The third kappa shape index (κ3) is 6.24. The van der Waals surface area contributed by atoms with Crippen LogP contribution in [0.5, 0.6) is 0 Å². The van der Waals surface area contributed by atoms with Crippen LogP contribution in [-0.4, -0.2) is 24.7 Å². The van der Waals surface area contributed by atoms with Crippen LogP contribution in [0.1, 0.15) is 52.9 Å². The van der Waals surface area contributed by atoms with Crippen LogP contribution in [0.4, 0.5) is 13.2 Å². The predicted octanol–water partition coefficient (Wildman–Crippen LogP) is 3.23. The molecule has 3 N–H and O–H groups in total. The third-order valence-electron chi connectivity index (χ3n) is 4.00. The number of hydrogen-bond acceptors (Lipinski definition) is 2. The second-order valence-electron chi connectivity index (χ2n) is 7.31. The lowest BCUT2D eigenvalue weighted by molar-refractivity contribution is -0.184. The van der Waals surface area contributed by atoms with E-state index in [1.165, 1.54) is 0 Å². The van der Waals surface area contributed by atoms with E-state index in [1.807, 2.05) is 20.8 Å². The molecule has 1 rings (SSSR count). The van der Waals surface area contributed by atoms with E-state index in [0.717, 1.165) is 0 Å². The van der Waals surface area contributed by atoms with E-state index in [4.69, 9.17) is 5.73 Å². The maximum atomic E-state index is 12.8. The Labute approximate surface area is 124 Å². The molecule has 1 saturated carbocycles. The van der Waals surface area contributed by atoms with E-state index in [1.54, 1.807) is 0 Å². The predicted molar refractivity (Wildman–Crippen MR) is 76.6 cm³/mol. The first-order valence-corrected chi connectivity index (χ1v) is 7.60. The topological polar surface area (TPSA) is 55.1 Å². The molecule has 6 heteroatoms. The Morgan fingerprint density at radius 1 is 1.29 bits per heavy atom. The zero-order valence-electron chi connectivity index (χ0n) is 13.1. The first kappa shape index (κ1) is 18.3. The Morgan fingerprint density at radius 3 is 2.38 bits per heavy atom. The summed E-state index contributed by atoms with van der Waals surface area (Å²) >= 11 is 0. The van der Waals surface area contributed by atoms with Crippen molar-refractivity contribution in [2.24, 2.45) is 23.0 Å². The summed E-state index contributed by atoms with van der Waals surface area (Å²) in [5, 5.41) is 2.78. The molecule has 21 heavy (non-hydrogen) atoms. The first-order valence-electron chi connectivity index (χ1n) is 7.60. The summed E-state index contributed by atoms with van der Waals surface area (Å²) in [5.41, 5.74) is 5.60. The molecule has 0 aromatic heterocycles. The summed E-state index contributed by atoms with van der Waals surface area (Å²) in [4.78, 5) is 12.2. The van der Waals surface area contributed by atoms with Gasteiger partial charge in [-0.25, -0.2) is 0 Å². The average molecular weight is 308 g/mol. The molecular weight excluding hydrogens is 281 g/mol. The molecule has 3 unspecified atom stereocenters. The molecule has 124 valence electrons. The van der Waals surface area contributed by atoms with Crippen LogP contribution in [0, 0.1) is 17.3 Å². The smallest absolute Gasteiger partial charge is 0.353 e. The summed E-state index contributed by atoms with van der Waals surface area (Å²) in [5.74, 6) is -1.84. The summed E-state index contributed by atoms with van der Waals surface area (Å²) in [6.45, 7) is 6.27. The van der Waals surface area contributed by atoms with Gasteiger partial charge < -0.3 is 11.1 Å². The average Bonchev–Trinajstić information content (AvgIpc) is 2.34. The van der Waals surface area contributed by atoms with E-state index in [2.05, 4.69) is 5.32 Å². The molecule has 1 fully saturated rings.